The van der Waals surface area contributed by atoms with Crippen molar-refractivity contribution in [3.63, 3.8) is 0 Å². The summed E-state index contributed by atoms with van der Waals surface area (Å²) in [6, 6.07) is 11.5. The van der Waals surface area contributed by atoms with Crippen LogP contribution in [-0.2, 0) is 4.74 Å². The van der Waals surface area contributed by atoms with Crippen LogP contribution in [-0.4, -0.2) is 90.9 Å². The van der Waals surface area contributed by atoms with Gasteiger partial charge in [-0.2, -0.15) is 5.10 Å². The van der Waals surface area contributed by atoms with Gasteiger partial charge in [0.1, 0.15) is 5.69 Å². The zero-order valence-corrected chi connectivity index (χ0v) is 22.5. The Morgan fingerprint density at radius 2 is 1.87 bits per heavy atom. The number of aromatic nitrogens is 2. The number of hydrogen-bond acceptors (Lipinski definition) is 7. The van der Waals surface area contributed by atoms with E-state index in [-0.39, 0.29) is 11.8 Å². The van der Waals surface area contributed by atoms with E-state index in [0.717, 1.165) is 55.8 Å². The number of aryl methyl sites for hydroxylation is 1. The van der Waals surface area contributed by atoms with Gasteiger partial charge in [0.25, 0.3) is 0 Å². The monoisotopic (exact) mass is 529 g/mol. The number of morpholine rings is 1. The number of carbonyl (C=O) groups is 2. The fraction of sp³-hybridized carbons (Fsp3) is 0.414. The largest absolute Gasteiger partial charge is 0.379 e. The van der Waals surface area contributed by atoms with Gasteiger partial charge in [0.15, 0.2) is 5.78 Å². The third-order valence-corrected chi connectivity index (χ3v) is 7.94. The molecule has 10 nitrogen and oxygen atoms in total. The summed E-state index contributed by atoms with van der Waals surface area (Å²) < 4.78 is 5.34. The quantitative estimate of drug-likeness (QED) is 0.363. The van der Waals surface area contributed by atoms with Crippen LogP contribution in [0.15, 0.2) is 36.4 Å². The first-order valence-corrected chi connectivity index (χ1v) is 13.8. The number of rotatable bonds is 5. The Balaban J connectivity index is 1.24. The van der Waals surface area contributed by atoms with E-state index in [1.807, 2.05) is 17.1 Å². The van der Waals surface area contributed by atoms with E-state index in [0.29, 0.717) is 54.5 Å². The Hall–Kier alpha value is -3.73. The van der Waals surface area contributed by atoms with Crippen LogP contribution in [0.4, 0.5) is 16.2 Å². The molecule has 1 aliphatic carbocycles. The van der Waals surface area contributed by atoms with E-state index in [1.54, 1.807) is 6.07 Å². The number of nitrogens with zero attached hydrogens (tertiary/aromatic N) is 4. The first kappa shape index (κ1) is 25.5. The summed E-state index contributed by atoms with van der Waals surface area (Å²) in [4.78, 5) is 31.4. The molecule has 0 bridgehead atoms. The topological polar surface area (TPSA) is 106 Å². The van der Waals surface area contributed by atoms with Crippen LogP contribution in [0.3, 0.4) is 0 Å². The molecule has 0 atom stereocenters. The number of aromatic amines is 1. The van der Waals surface area contributed by atoms with Crippen molar-refractivity contribution in [2.75, 3.05) is 69.2 Å². The summed E-state index contributed by atoms with van der Waals surface area (Å²) >= 11 is 0. The molecule has 2 fully saturated rings. The highest BCUT2D eigenvalue weighted by molar-refractivity contribution is 6.27. The van der Waals surface area contributed by atoms with Gasteiger partial charge in [-0.05, 0) is 50.2 Å². The molecule has 204 valence electrons. The molecular weight excluding hydrogens is 494 g/mol. The van der Waals surface area contributed by atoms with Crippen LogP contribution in [0.5, 0.6) is 0 Å². The Labute approximate surface area is 228 Å². The SMILES string of the molecule is CCN1CCCN(c2ccc(-c3[nH]nc4c3C(=O)c3c(NC(=O)NN5CCOCC5)cccc3-4)c(C)c2)CC1. The second-order valence-corrected chi connectivity index (χ2v) is 10.3. The summed E-state index contributed by atoms with van der Waals surface area (Å²) in [7, 11) is 0. The summed E-state index contributed by atoms with van der Waals surface area (Å²) in [5.74, 6) is -0.137. The van der Waals surface area contributed by atoms with Crippen LogP contribution in [0.25, 0.3) is 22.5 Å². The predicted molar refractivity (Wildman–Crippen MR) is 151 cm³/mol. The minimum atomic E-state index is -0.383. The van der Waals surface area contributed by atoms with E-state index in [4.69, 9.17) is 4.74 Å². The van der Waals surface area contributed by atoms with Crippen molar-refractivity contribution >= 4 is 23.2 Å². The molecule has 3 aromatic rings. The second-order valence-electron chi connectivity index (χ2n) is 10.3. The molecule has 39 heavy (non-hydrogen) atoms. The van der Waals surface area contributed by atoms with E-state index >= 15 is 0 Å². The molecule has 0 unspecified atom stereocenters. The van der Waals surface area contributed by atoms with Gasteiger partial charge in [-0.3, -0.25) is 15.3 Å². The van der Waals surface area contributed by atoms with Gasteiger partial charge >= 0.3 is 6.03 Å². The number of anilines is 2. The van der Waals surface area contributed by atoms with Crippen LogP contribution in [0.1, 0.15) is 34.8 Å². The van der Waals surface area contributed by atoms with Gasteiger partial charge in [-0.1, -0.05) is 25.1 Å². The summed E-state index contributed by atoms with van der Waals surface area (Å²) in [6.45, 7) is 12.0. The number of likely N-dealkylation sites (N-methyl/N-ethyl adjacent to an activating group) is 1. The lowest BCUT2D eigenvalue weighted by molar-refractivity contribution is 0.0207. The van der Waals surface area contributed by atoms with Gasteiger partial charge in [0.2, 0.25) is 0 Å². The molecule has 0 radical (unpaired) electrons. The fourth-order valence-electron chi connectivity index (χ4n) is 5.82. The highest BCUT2D eigenvalue weighted by Gasteiger charge is 2.35. The average molecular weight is 530 g/mol. The lowest BCUT2D eigenvalue weighted by Gasteiger charge is -2.27. The van der Waals surface area contributed by atoms with Gasteiger partial charge in [-0.15, -0.1) is 0 Å². The van der Waals surface area contributed by atoms with Gasteiger partial charge in [0.05, 0.1) is 35.7 Å². The van der Waals surface area contributed by atoms with Crippen LogP contribution in [0, 0.1) is 6.92 Å². The first-order chi connectivity index (χ1) is 19.0. The Morgan fingerprint density at radius 1 is 1.03 bits per heavy atom. The van der Waals surface area contributed by atoms with E-state index < -0.39 is 0 Å². The third kappa shape index (κ3) is 4.91. The highest BCUT2D eigenvalue weighted by atomic mass is 16.5. The van der Waals surface area contributed by atoms with Crippen molar-refractivity contribution < 1.29 is 14.3 Å². The highest BCUT2D eigenvalue weighted by Crippen LogP contribution is 2.43. The molecule has 2 aliphatic heterocycles. The van der Waals surface area contributed by atoms with Gasteiger partial charge < -0.3 is 19.9 Å². The number of ketones is 1. The lowest BCUT2D eigenvalue weighted by Crippen LogP contribution is -2.49. The zero-order chi connectivity index (χ0) is 26.9. The predicted octanol–water partition coefficient (Wildman–Crippen LogP) is 3.50. The number of hydrazine groups is 1. The number of hydrogen-bond donors (Lipinski definition) is 3. The smallest absolute Gasteiger partial charge is 0.333 e. The average Bonchev–Trinajstić information content (AvgIpc) is 3.39. The molecule has 3 aliphatic rings. The molecule has 3 heterocycles. The van der Waals surface area contributed by atoms with Crippen molar-refractivity contribution in [3.05, 3.63) is 53.1 Å². The number of fused-ring (bicyclic) bond motifs is 3. The standard InChI is InChI=1S/C29H35N7O3/c1-3-34-10-5-11-35(13-12-34)20-8-9-21(19(2)18-20)26-25-27(32-31-26)22-6-4-7-23(24(22)28(25)37)30-29(38)33-36-14-16-39-17-15-36/h4,6-9,18H,3,5,10-17H2,1-2H3,(H,31,32)(H2,30,33,38). The lowest BCUT2D eigenvalue weighted by atomic mass is 9.99. The molecule has 1 aromatic heterocycles. The van der Waals surface area contributed by atoms with Crippen molar-refractivity contribution in [1.29, 1.82) is 0 Å². The molecule has 0 spiro atoms. The molecule has 3 N–H and O–H groups in total. The Bertz CT molecular complexity index is 1400. The van der Waals surface area contributed by atoms with E-state index in [9.17, 15) is 9.59 Å². The molecular formula is C29H35N7O3. The second kappa shape index (κ2) is 10.8. The Morgan fingerprint density at radius 3 is 2.67 bits per heavy atom. The number of carbonyl (C=O) groups excluding carboxylic acids is 2. The van der Waals surface area contributed by atoms with Crippen molar-refractivity contribution in [2.45, 2.75) is 20.3 Å². The summed E-state index contributed by atoms with van der Waals surface area (Å²) in [5, 5.41) is 12.4. The maximum absolute atomic E-state index is 13.8. The minimum absolute atomic E-state index is 0.137. The van der Waals surface area contributed by atoms with Crippen molar-refractivity contribution in [1.82, 2.24) is 25.5 Å². The van der Waals surface area contributed by atoms with Crippen LogP contribution in [0.2, 0.25) is 0 Å². The normalized spacial score (nSPS) is 18.0. The number of H-pyrrole nitrogens is 1. The number of urea groups is 1. The number of benzene rings is 2. The summed E-state index contributed by atoms with van der Waals surface area (Å²) in [5.41, 5.74) is 9.65. The maximum atomic E-state index is 13.8. The minimum Gasteiger partial charge on any atom is -0.379 e. The zero-order valence-electron chi connectivity index (χ0n) is 22.5. The Kier molecular flexibility index (Phi) is 7.07. The molecule has 2 saturated heterocycles. The first-order valence-electron chi connectivity index (χ1n) is 13.8. The van der Waals surface area contributed by atoms with Crippen LogP contribution < -0.4 is 15.6 Å². The molecule has 2 amide bonds. The molecule has 10 heteroatoms. The number of nitrogens with one attached hydrogen (secondary N) is 3. The molecule has 2 aromatic carbocycles. The third-order valence-electron chi connectivity index (χ3n) is 7.94. The van der Waals surface area contributed by atoms with E-state index in [2.05, 4.69) is 62.8 Å². The van der Waals surface area contributed by atoms with Gasteiger partial charge in [-0.25, -0.2) is 9.80 Å². The number of amides is 2. The van der Waals surface area contributed by atoms with Crippen molar-refractivity contribution in [2.24, 2.45) is 0 Å². The molecule has 0 saturated carbocycles. The van der Waals surface area contributed by atoms with Gasteiger partial charge in [0, 0.05) is 49.5 Å². The number of ether oxygens (including phenoxy) is 1. The van der Waals surface area contributed by atoms with Crippen LogP contribution >= 0.6 is 0 Å². The van der Waals surface area contributed by atoms with E-state index in [1.165, 1.54) is 5.69 Å². The van der Waals surface area contributed by atoms with Crippen molar-refractivity contribution in [3.8, 4) is 22.5 Å². The molecule has 6 rings (SSSR count). The fourth-order valence-corrected chi connectivity index (χ4v) is 5.82. The maximum Gasteiger partial charge on any atom is 0.333 e. The summed E-state index contributed by atoms with van der Waals surface area (Å²) in [6.07, 6.45) is 1.15.